The zero-order chi connectivity index (χ0) is 21.4. The number of benzene rings is 1. The van der Waals surface area contributed by atoms with Crippen molar-refractivity contribution < 1.29 is 9.18 Å². The predicted molar refractivity (Wildman–Crippen MR) is 115 cm³/mol. The van der Waals surface area contributed by atoms with Crippen molar-refractivity contribution in [3.05, 3.63) is 59.7 Å². The van der Waals surface area contributed by atoms with Crippen LogP contribution in [0.1, 0.15) is 22.6 Å². The lowest BCUT2D eigenvalue weighted by Gasteiger charge is -2.29. The maximum atomic E-state index is 13.2. The number of pyridine rings is 1. The van der Waals surface area contributed by atoms with E-state index in [1.165, 1.54) is 23.5 Å². The lowest BCUT2D eigenvalue weighted by molar-refractivity contribution is 0.0912. The van der Waals surface area contributed by atoms with Crippen LogP contribution in [0.3, 0.4) is 0 Å². The van der Waals surface area contributed by atoms with Gasteiger partial charge in [0, 0.05) is 36.4 Å². The fourth-order valence-corrected chi connectivity index (χ4v) is 5.26. The highest BCUT2D eigenvalue weighted by atomic mass is 32.1. The average Bonchev–Trinajstić information content (AvgIpc) is 3.51. The molecule has 156 valence electrons. The summed E-state index contributed by atoms with van der Waals surface area (Å²) in [5.74, 6) is -0.0482. The third-order valence-electron chi connectivity index (χ3n) is 5.84. The molecular weight excluding hydrogens is 415 g/mol. The number of likely N-dealkylation sites (tertiary alicyclic amines) is 1. The SMILES string of the molecule is N#CN1CC2CC(NC(=O)c3ncc(-c4cnccc4Nc4ccc(F)cc4)s3)C1C2. The molecule has 31 heavy (non-hydrogen) atoms. The number of amides is 1. The van der Waals surface area contributed by atoms with Crippen LogP contribution in [0.25, 0.3) is 10.4 Å². The molecule has 3 atom stereocenters. The summed E-state index contributed by atoms with van der Waals surface area (Å²) < 4.78 is 13.2. The number of nitriles is 1. The predicted octanol–water partition coefficient (Wildman–Crippen LogP) is 3.76. The maximum absolute atomic E-state index is 13.2. The van der Waals surface area contributed by atoms with Crippen LogP contribution in [0.4, 0.5) is 15.8 Å². The normalized spacial score (nSPS) is 21.7. The topological polar surface area (TPSA) is 93.9 Å². The number of carbonyl (C=O) groups excluding carboxylic acids is 1. The molecule has 1 amide bonds. The number of aromatic nitrogens is 2. The molecule has 2 aromatic heterocycles. The van der Waals surface area contributed by atoms with Gasteiger partial charge in [0.15, 0.2) is 11.2 Å². The zero-order valence-corrected chi connectivity index (χ0v) is 17.3. The first-order valence-electron chi connectivity index (χ1n) is 10.0. The summed E-state index contributed by atoms with van der Waals surface area (Å²) >= 11 is 1.29. The summed E-state index contributed by atoms with van der Waals surface area (Å²) in [7, 11) is 0. The molecule has 3 heterocycles. The Hall–Kier alpha value is -3.51. The van der Waals surface area contributed by atoms with Gasteiger partial charge in [-0.05, 0) is 49.1 Å². The van der Waals surface area contributed by atoms with Crippen molar-refractivity contribution in [2.75, 3.05) is 11.9 Å². The summed E-state index contributed by atoms with van der Waals surface area (Å²) in [6, 6.07) is 7.98. The van der Waals surface area contributed by atoms with Crippen LogP contribution < -0.4 is 10.6 Å². The van der Waals surface area contributed by atoms with Crippen LogP contribution >= 0.6 is 11.3 Å². The second kappa shape index (κ2) is 7.96. The number of thiazole rings is 1. The van der Waals surface area contributed by atoms with E-state index >= 15 is 0 Å². The van der Waals surface area contributed by atoms with E-state index in [9.17, 15) is 14.4 Å². The zero-order valence-electron chi connectivity index (χ0n) is 16.5. The van der Waals surface area contributed by atoms with E-state index in [0.717, 1.165) is 41.2 Å². The minimum Gasteiger partial charge on any atom is -0.355 e. The standard InChI is InChI=1S/C22H19FN6OS/c23-14-1-3-15(4-2-14)27-17-5-6-25-9-16(17)20-10-26-22(31-20)21(30)28-18-7-13-8-19(18)29(11-13)12-24/h1-6,9-10,13,18-19H,7-8,11H2,(H,25,27)(H,28,30). The van der Waals surface area contributed by atoms with Gasteiger partial charge in [-0.1, -0.05) is 0 Å². The minimum absolute atomic E-state index is 0.0210. The minimum atomic E-state index is -0.299. The second-order valence-corrected chi connectivity index (χ2v) is 8.85. The highest BCUT2D eigenvalue weighted by Crippen LogP contribution is 2.38. The van der Waals surface area contributed by atoms with Gasteiger partial charge in [-0.25, -0.2) is 9.37 Å². The van der Waals surface area contributed by atoms with E-state index < -0.39 is 0 Å². The third kappa shape index (κ3) is 3.82. The molecule has 3 aromatic rings. The summed E-state index contributed by atoms with van der Waals surface area (Å²) in [4.78, 5) is 23.9. The smallest absolute Gasteiger partial charge is 0.280 e. The summed E-state index contributed by atoms with van der Waals surface area (Å²) in [5, 5.41) is 16.0. The molecule has 2 bridgehead atoms. The van der Waals surface area contributed by atoms with Gasteiger partial charge in [0.2, 0.25) is 0 Å². The quantitative estimate of drug-likeness (QED) is 0.594. The Morgan fingerprint density at radius 1 is 1.23 bits per heavy atom. The van der Waals surface area contributed by atoms with Crippen molar-refractivity contribution in [3.8, 4) is 16.6 Å². The molecule has 5 rings (SSSR count). The van der Waals surface area contributed by atoms with E-state index in [-0.39, 0.29) is 23.8 Å². The molecule has 2 aliphatic rings. The molecule has 1 aliphatic carbocycles. The van der Waals surface area contributed by atoms with Gasteiger partial charge in [0.05, 0.1) is 22.6 Å². The number of hydrogen-bond acceptors (Lipinski definition) is 7. The van der Waals surface area contributed by atoms with E-state index in [1.807, 2.05) is 6.07 Å². The van der Waals surface area contributed by atoms with Gasteiger partial charge in [-0.15, -0.1) is 11.3 Å². The molecule has 2 N–H and O–H groups in total. The molecule has 0 radical (unpaired) electrons. The first-order chi connectivity index (χ1) is 15.1. The fourth-order valence-electron chi connectivity index (χ4n) is 4.42. The van der Waals surface area contributed by atoms with Crippen molar-refractivity contribution in [2.45, 2.75) is 24.9 Å². The molecule has 7 nitrogen and oxygen atoms in total. The molecule has 9 heteroatoms. The monoisotopic (exact) mass is 434 g/mol. The summed E-state index contributed by atoms with van der Waals surface area (Å²) in [6.45, 7) is 0.791. The lowest BCUT2D eigenvalue weighted by atomic mass is 10.1. The molecule has 1 saturated carbocycles. The number of carbonyl (C=O) groups is 1. The maximum Gasteiger partial charge on any atom is 0.280 e. The second-order valence-electron chi connectivity index (χ2n) is 7.82. The van der Waals surface area contributed by atoms with Crippen LogP contribution in [0.5, 0.6) is 0 Å². The van der Waals surface area contributed by atoms with Gasteiger partial charge in [-0.3, -0.25) is 9.78 Å². The van der Waals surface area contributed by atoms with Crippen LogP contribution in [0.2, 0.25) is 0 Å². The van der Waals surface area contributed by atoms with E-state index in [4.69, 9.17) is 0 Å². The largest absolute Gasteiger partial charge is 0.355 e. The Bertz CT molecular complexity index is 1160. The van der Waals surface area contributed by atoms with Gasteiger partial charge in [0.1, 0.15) is 5.82 Å². The van der Waals surface area contributed by atoms with Crippen molar-refractivity contribution >= 4 is 28.6 Å². The van der Waals surface area contributed by atoms with Crippen LogP contribution in [-0.2, 0) is 0 Å². The summed E-state index contributed by atoms with van der Waals surface area (Å²) in [5.41, 5.74) is 2.34. The van der Waals surface area contributed by atoms with Crippen molar-refractivity contribution in [3.63, 3.8) is 0 Å². The molecule has 3 unspecified atom stereocenters. The average molecular weight is 435 g/mol. The molecule has 1 saturated heterocycles. The van der Waals surface area contributed by atoms with Gasteiger partial charge < -0.3 is 15.5 Å². The number of anilines is 2. The van der Waals surface area contributed by atoms with Gasteiger partial charge in [0.25, 0.3) is 5.91 Å². The number of nitrogens with zero attached hydrogens (tertiary/aromatic N) is 4. The van der Waals surface area contributed by atoms with Crippen molar-refractivity contribution in [2.24, 2.45) is 5.92 Å². The van der Waals surface area contributed by atoms with Gasteiger partial charge >= 0.3 is 0 Å². The van der Waals surface area contributed by atoms with E-state index in [2.05, 4.69) is 26.8 Å². The number of fused-ring (bicyclic) bond motifs is 2. The number of hydrogen-bond donors (Lipinski definition) is 2. The Morgan fingerprint density at radius 3 is 2.84 bits per heavy atom. The van der Waals surface area contributed by atoms with Gasteiger partial charge in [-0.2, -0.15) is 5.26 Å². The number of rotatable bonds is 5. The number of nitrogens with one attached hydrogen (secondary N) is 2. The molecular formula is C22H19FN6OS. The Balaban J connectivity index is 1.32. The summed E-state index contributed by atoms with van der Waals surface area (Å²) in [6.07, 6.45) is 9.12. The first kappa shape index (κ1) is 19.5. The van der Waals surface area contributed by atoms with E-state index in [0.29, 0.717) is 10.9 Å². The fraction of sp³-hybridized carbons (Fsp3) is 0.273. The van der Waals surface area contributed by atoms with Crippen molar-refractivity contribution in [1.29, 1.82) is 5.26 Å². The Labute approximate surface area is 182 Å². The van der Waals surface area contributed by atoms with Crippen LogP contribution in [0, 0.1) is 23.2 Å². The molecule has 0 spiro atoms. The number of halogens is 1. The number of piperidine rings is 1. The molecule has 2 fully saturated rings. The Morgan fingerprint density at radius 2 is 2.06 bits per heavy atom. The van der Waals surface area contributed by atoms with Crippen LogP contribution in [0.15, 0.2) is 48.9 Å². The first-order valence-corrected chi connectivity index (χ1v) is 10.8. The highest BCUT2D eigenvalue weighted by Gasteiger charge is 2.45. The highest BCUT2D eigenvalue weighted by molar-refractivity contribution is 7.17. The van der Waals surface area contributed by atoms with Crippen molar-refractivity contribution in [1.82, 2.24) is 20.2 Å². The Kier molecular flexibility index (Phi) is 5.00. The van der Waals surface area contributed by atoms with E-state index in [1.54, 1.807) is 35.6 Å². The molecule has 1 aromatic carbocycles. The van der Waals surface area contributed by atoms with Crippen LogP contribution in [-0.4, -0.2) is 39.4 Å². The molecule has 1 aliphatic heterocycles. The third-order valence-corrected chi connectivity index (χ3v) is 6.87. The lowest BCUT2D eigenvalue weighted by Crippen LogP contribution is -2.48.